The summed E-state index contributed by atoms with van der Waals surface area (Å²) in [7, 11) is 0. The summed E-state index contributed by atoms with van der Waals surface area (Å²) >= 11 is 0. The number of hydrogen-bond acceptors (Lipinski definition) is 3. The summed E-state index contributed by atoms with van der Waals surface area (Å²) < 4.78 is 32.5. The van der Waals surface area contributed by atoms with Gasteiger partial charge in [0, 0.05) is 6.54 Å². The number of carbonyl (C=O) groups is 2. The Labute approximate surface area is 119 Å². The molecule has 21 heavy (non-hydrogen) atoms. The number of carboxylic acids is 1. The van der Waals surface area contributed by atoms with E-state index in [0.717, 1.165) is 6.07 Å². The van der Waals surface area contributed by atoms with E-state index in [-0.39, 0.29) is 12.1 Å². The highest BCUT2D eigenvalue weighted by Gasteiger charge is 2.31. The number of carboxylic acid groups (broad SMARTS) is 1. The third kappa shape index (κ3) is 3.36. The number of hydrogen-bond donors (Lipinski definition) is 2. The lowest BCUT2D eigenvalue weighted by atomic mass is 10.1. The Balaban J connectivity index is 1.97. The van der Waals surface area contributed by atoms with E-state index < -0.39 is 41.3 Å². The van der Waals surface area contributed by atoms with E-state index in [2.05, 4.69) is 5.32 Å². The van der Waals surface area contributed by atoms with Crippen LogP contribution in [0.2, 0.25) is 0 Å². The number of nitrogens with one attached hydrogen (secondary N) is 1. The van der Waals surface area contributed by atoms with Crippen molar-refractivity contribution in [2.75, 3.05) is 6.54 Å². The Kier molecular flexibility index (Phi) is 4.52. The third-order valence-corrected chi connectivity index (χ3v) is 3.38. The summed E-state index contributed by atoms with van der Waals surface area (Å²) in [5, 5.41) is 11.2. The van der Waals surface area contributed by atoms with Gasteiger partial charge in [-0.1, -0.05) is 6.07 Å². The number of ether oxygens (including phenoxy) is 1. The van der Waals surface area contributed by atoms with Gasteiger partial charge < -0.3 is 15.2 Å². The fourth-order valence-corrected chi connectivity index (χ4v) is 2.20. The molecular formula is C14H15F2NO4. The van der Waals surface area contributed by atoms with Gasteiger partial charge in [0.25, 0.3) is 5.91 Å². The molecule has 7 heteroatoms. The van der Waals surface area contributed by atoms with E-state index in [1.807, 2.05) is 0 Å². The second-order valence-corrected chi connectivity index (χ2v) is 4.93. The molecule has 0 bridgehead atoms. The largest absolute Gasteiger partial charge is 0.479 e. The Morgan fingerprint density at radius 2 is 2.10 bits per heavy atom. The minimum atomic E-state index is -1.06. The maximum Gasteiger partial charge on any atom is 0.332 e. The highest BCUT2D eigenvalue weighted by atomic mass is 19.1. The quantitative estimate of drug-likeness (QED) is 0.886. The number of carbonyl (C=O) groups excluding carboxylic acids is 1. The summed E-state index contributed by atoms with van der Waals surface area (Å²) in [6.45, 7) is 1.44. The normalized spacial score (nSPS) is 21.3. The second-order valence-electron chi connectivity index (χ2n) is 4.93. The van der Waals surface area contributed by atoms with Crippen molar-refractivity contribution in [2.24, 2.45) is 0 Å². The van der Waals surface area contributed by atoms with Crippen molar-refractivity contribution < 1.29 is 28.2 Å². The van der Waals surface area contributed by atoms with Crippen LogP contribution in [0.3, 0.4) is 0 Å². The van der Waals surface area contributed by atoms with E-state index in [4.69, 9.17) is 9.84 Å². The predicted octanol–water partition coefficient (Wildman–Crippen LogP) is 1.64. The minimum Gasteiger partial charge on any atom is -0.479 e. The minimum absolute atomic E-state index is 0.00936. The average Bonchev–Trinajstić information content (AvgIpc) is 2.90. The van der Waals surface area contributed by atoms with E-state index in [1.54, 1.807) is 0 Å². The van der Waals surface area contributed by atoms with Crippen LogP contribution in [-0.2, 0) is 9.53 Å². The molecule has 1 heterocycles. The summed E-state index contributed by atoms with van der Waals surface area (Å²) in [4.78, 5) is 22.6. The van der Waals surface area contributed by atoms with Gasteiger partial charge in [-0.3, -0.25) is 4.79 Å². The molecule has 114 valence electrons. The number of aliphatic carboxylic acids is 1. The number of aryl methyl sites for hydroxylation is 1. The summed E-state index contributed by atoms with van der Waals surface area (Å²) in [6.07, 6.45) is -0.538. The first kappa shape index (κ1) is 15.4. The fraction of sp³-hybridized carbons (Fsp3) is 0.429. The van der Waals surface area contributed by atoms with E-state index in [1.165, 1.54) is 13.0 Å². The molecule has 0 radical (unpaired) electrons. The zero-order chi connectivity index (χ0) is 15.6. The Morgan fingerprint density at radius 3 is 2.71 bits per heavy atom. The molecule has 2 unspecified atom stereocenters. The molecule has 2 rings (SSSR count). The second kappa shape index (κ2) is 6.17. The van der Waals surface area contributed by atoms with Crippen LogP contribution in [0.4, 0.5) is 8.78 Å². The monoisotopic (exact) mass is 299 g/mol. The molecule has 5 nitrogen and oxygen atoms in total. The van der Waals surface area contributed by atoms with Crippen LogP contribution in [0.25, 0.3) is 0 Å². The number of benzene rings is 1. The van der Waals surface area contributed by atoms with Gasteiger partial charge in [-0.05, 0) is 31.4 Å². The molecule has 2 N–H and O–H groups in total. The summed E-state index contributed by atoms with van der Waals surface area (Å²) in [5.74, 6) is -3.77. The van der Waals surface area contributed by atoms with Crippen LogP contribution < -0.4 is 5.32 Å². The van der Waals surface area contributed by atoms with Gasteiger partial charge in [-0.2, -0.15) is 0 Å². The van der Waals surface area contributed by atoms with Crippen LogP contribution in [0.15, 0.2) is 12.1 Å². The van der Waals surface area contributed by atoms with Gasteiger partial charge in [0.2, 0.25) is 0 Å². The lowest BCUT2D eigenvalue weighted by Crippen LogP contribution is -2.34. The molecule has 0 saturated carbocycles. The van der Waals surface area contributed by atoms with Gasteiger partial charge in [0.15, 0.2) is 6.10 Å². The van der Waals surface area contributed by atoms with Crippen molar-refractivity contribution in [1.29, 1.82) is 0 Å². The number of halogens is 2. The van der Waals surface area contributed by atoms with Crippen molar-refractivity contribution in [3.63, 3.8) is 0 Å². The zero-order valence-corrected chi connectivity index (χ0v) is 11.4. The third-order valence-electron chi connectivity index (χ3n) is 3.38. The van der Waals surface area contributed by atoms with Crippen molar-refractivity contribution in [3.8, 4) is 0 Å². The Hall–Kier alpha value is -2.02. The highest BCUT2D eigenvalue weighted by molar-refractivity contribution is 5.95. The van der Waals surface area contributed by atoms with Crippen molar-refractivity contribution in [2.45, 2.75) is 32.0 Å². The van der Waals surface area contributed by atoms with Gasteiger partial charge in [0.05, 0.1) is 6.10 Å². The average molecular weight is 299 g/mol. The predicted molar refractivity (Wildman–Crippen MR) is 69.0 cm³/mol. The molecule has 1 amide bonds. The van der Waals surface area contributed by atoms with Gasteiger partial charge in [0.1, 0.15) is 17.2 Å². The fourth-order valence-electron chi connectivity index (χ4n) is 2.20. The molecule has 1 aromatic rings. The van der Waals surface area contributed by atoms with Gasteiger partial charge in [-0.25, -0.2) is 13.6 Å². The molecule has 0 aliphatic carbocycles. The zero-order valence-electron chi connectivity index (χ0n) is 11.4. The standard InChI is InChI=1S/C14H15F2NO4/c1-7-2-4-9(15)11(12(7)16)13(18)17-6-8-3-5-10(21-8)14(19)20/h2,4,8,10H,3,5-6H2,1H3,(H,17,18)(H,19,20). The van der Waals surface area contributed by atoms with Crippen LogP contribution in [-0.4, -0.2) is 35.7 Å². The van der Waals surface area contributed by atoms with Crippen LogP contribution in [0, 0.1) is 18.6 Å². The molecule has 0 aromatic heterocycles. The smallest absolute Gasteiger partial charge is 0.332 e. The van der Waals surface area contributed by atoms with Crippen LogP contribution in [0.5, 0.6) is 0 Å². The topological polar surface area (TPSA) is 75.6 Å². The van der Waals surface area contributed by atoms with E-state index in [0.29, 0.717) is 12.8 Å². The summed E-state index contributed by atoms with van der Waals surface area (Å²) in [5.41, 5.74) is -0.465. The molecule has 1 aliphatic heterocycles. The summed E-state index contributed by atoms with van der Waals surface area (Å²) in [6, 6.07) is 2.28. The van der Waals surface area contributed by atoms with Gasteiger partial charge in [-0.15, -0.1) is 0 Å². The first-order valence-corrected chi connectivity index (χ1v) is 6.51. The van der Waals surface area contributed by atoms with Crippen LogP contribution >= 0.6 is 0 Å². The molecule has 1 saturated heterocycles. The SMILES string of the molecule is Cc1ccc(F)c(C(=O)NCC2CCC(C(=O)O)O2)c1F. The molecule has 2 atom stereocenters. The molecule has 0 spiro atoms. The van der Waals surface area contributed by atoms with Crippen LogP contribution in [0.1, 0.15) is 28.8 Å². The van der Waals surface area contributed by atoms with E-state index >= 15 is 0 Å². The molecule has 1 fully saturated rings. The molecular weight excluding hydrogens is 284 g/mol. The van der Waals surface area contributed by atoms with Gasteiger partial charge >= 0.3 is 5.97 Å². The van der Waals surface area contributed by atoms with Crippen molar-refractivity contribution >= 4 is 11.9 Å². The van der Waals surface area contributed by atoms with Crippen molar-refractivity contribution in [1.82, 2.24) is 5.32 Å². The highest BCUT2D eigenvalue weighted by Crippen LogP contribution is 2.20. The maximum atomic E-state index is 13.8. The number of rotatable bonds is 4. The Morgan fingerprint density at radius 1 is 1.38 bits per heavy atom. The first-order valence-electron chi connectivity index (χ1n) is 6.51. The Bertz CT molecular complexity index is 576. The lowest BCUT2D eigenvalue weighted by Gasteiger charge is -2.13. The molecule has 1 aliphatic rings. The molecule has 1 aromatic carbocycles. The first-order chi connectivity index (χ1) is 9.90. The van der Waals surface area contributed by atoms with E-state index in [9.17, 15) is 18.4 Å². The van der Waals surface area contributed by atoms with Crippen molar-refractivity contribution in [3.05, 3.63) is 34.9 Å². The number of amides is 1. The lowest BCUT2D eigenvalue weighted by molar-refractivity contribution is -0.149. The maximum absolute atomic E-state index is 13.8.